The average Bonchev–Trinajstić information content (AvgIpc) is 3.83. The Bertz CT molecular complexity index is 2110. The molecule has 8 bridgehead atoms. The van der Waals surface area contributed by atoms with Gasteiger partial charge >= 0.3 is 0 Å². The van der Waals surface area contributed by atoms with Gasteiger partial charge in [-0.15, -0.1) is 0 Å². The van der Waals surface area contributed by atoms with Crippen LogP contribution in [-0.4, -0.2) is 55.6 Å². The minimum absolute atomic E-state index is 0.0163. The number of nitrogens with zero attached hydrogens (tertiary/aromatic N) is 3. The summed E-state index contributed by atoms with van der Waals surface area (Å²) in [5, 5.41) is 3.12. The number of hydrogen-bond donors (Lipinski definition) is 3. The van der Waals surface area contributed by atoms with E-state index in [0.717, 1.165) is 125 Å². The number of aryl methyl sites for hydroxylation is 1. The molecule has 286 valence electrons. The van der Waals surface area contributed by atoms with Gasteiger partial charge in [0.2, 0.25) is 5.91 Å². The normalized spacial score (nSPS) is 17.4. The van der Waals surface area contributed by atoms with Gasteiger partial charge < -0.3 is 15.3 Å². The first-order valence-electron chi connectivity index (χ1n) is 20.3. The molecular formula is C45H58N6O3. The second-order valence-electron chi connectivity index (χ2n) is 15.3. The van der Waals surface area contributed by atoms with Crippen molar-refractivity contribution in [3.05, 3.63) is 81.7 Å². The zero-order valence-corrected chi connectivity index (χ0v) is 33.4. The molecule has 6 heterocycles. The molecule has 0 fully saturated rings. The maximum Gasteiger partial charge on any atom is 0.264 e. The second kappa shape index (κ2) is 16.7. The zero-order chi connectivity index (χ0) is 38.7. The lowest BCUT2D eigenvalue weighted by molar-refractivity contribution is -0.121. The molecule has 0 aromatic carbocycles. The van der Waals surface area contributed by atoms with Crippen LogP contribution in [0.2, 0.25) is 0 Å². The lowest BCUT2D eigenvalue weighted by Crippen LogP contribution is -2.41. The number of aromatic amines is 2. The fraction of sp³-hybridized carbons (Fsp3) is 0.489. The molecule has 3 N–H and O–H groups in total. The summed E-state index contributed by atoms with van der Waals surface area (Å²) < 4.78 is 0. The van der Waals surface area contributed by atoms with Gasteiger partial charge in [0, 0.05) is 53.8 Å². The van der Waals surface area contributed by atoms with E-state index in [0.29, 0.717) is 42.6 Å². The fourth-order valence-corrected chi connectivity index (χ4v) is 8.48. The Balaban J connectivity index is 1.60. The van der Waals surface area contributed by atoms with Crippen molar-refractivity contribution < 1.29 is 14.4 Å². The maximum absolute atomic E-state index is 14.8. The molecule has 0 saturated heterocycles. The number of imide groups is 1. The highest BCUT2D eigenvalue weighted by atomic mass is 16.2. The molecule has 0 radical (unpaired) electrons. The molecule has 0 unspecified atom stereocenters. The molecule has 54 heavy (non-hydrogen) atoms. The molecule has 0 spiro atoms. The van der Waals surface area contributed by atoms with Crippen molar-refractivity contribution in [3.63, 3.8) is 0 Å². The van der Waals surface area contributed by atoms with E-state index < -0.39 is 0 Å². The van der Waals surface area contributed by atoms with E-state index in [-0.39, 0.29) is 29.6 Å². The van der Waals surface area contributed by atoms with Crippen LogP contribution < -0.4 is 5.32 Å². The van der Waals surface area contributed by atoms with Gasteiger partial charge in [-0.3, -0.25) is 19.3 Å². The number of unbranched alkanes of at least 4 members (excludes halogenated alkanes) is 6. The Kier molecular flexibility index (Phi) is 12.0. The minimum Gasteiger partial charge on any atom is -0.361 e. The molecule has 6 rings (SSSR count). The van der Waals surface area contributed by atoms with Crippen LogP contribution in [-0.2, 0) is 4.79 Å². The number of fused-ring (bicyclic) bond motifs is 8. The van der Waals surface area contributed by atoms with Gasteiger partial charge in [-0.05, 0) is 86.9 Å². The summed E-state index contributed by atoms with van der Waals surface area (Å²) in [5.74, 6) is -0.781. The summed E-state index contributed by atoms with van der Waals surface area (Å²) in [5.41, 5.74) is 12.3. The van der Waals surface area contributed by atoms with Crippen molar-refractivity contribution in [3.8, 4) is 0 Å². The van der Waals surface area contributed by atoms with Crippen molar-refractivity contribution >= 4 is 51.0 Å². The summed E-state index contributed by atoms with van der Waals surface area (Å²) in [7, 11) is 0. The van der Waals surface area contributed by atoms with Crippen molar-refractivity contribution in [2.24, 2.45) is 0 Å². The zero-order valence-electron chi connectivity index (χ0n) is 33.4. The van der Waals surface area contributed by atoms with E-state index in [1.165, 1.54) is 4.90 Å². The highest BCUT2D eigenvalue weighted by Crippen LogP contribution is 2.44. The van der Waals surface area contributed by atoms with Crippen LogP contribution in [0.3, 0.4) is 0 Å². The first-order valence-corrected chi connectivity index (χ1v) is 20.3. The predicted octanol–water partition coefficient (Wildman–Crippen LogP) is 10.3. The molecule has 2 atom stereocenters. The molecule has 9 heteroatoms. The van der Waals surface area contributed by atoms with Crippen molar-refractivity contribution in [2.45, 2.75) is 131 Å². The van der Waals surface area contributed by atoms with Crippen molar-refractivity contribution in [1.29, 1.82) is 0 Å². The maximum atomic E-state index is 14.8. The molecule has 2 aromatic heterocycles. The number of aromatic nitrogens is 4. The summed E-state index contributed by atoms with van der Waals surface area (Å²) in [6.07, 6.45) is 11.7. The van der Waals surface area contributed by atoms with Gasteiger partial charge in [0.25, 0.3) is 11.8 Å². The summed E-state index contributed by atoms with van der Waals surface area (Å²) >= 11 is 0. The topological polar surface area (TPSA) is 124 Å². The van der Waals surface area contributed by atoms with Gasteiger partial charge in [0.05, 0.1) is 39.4 Å². The summed E-state index contributed by atoms with van der Waals surface area (Å²) in [6, 6.07) is 6.16. The predicted molar refractivity (Wildman–Crippen MR) is 220 cm³/mol. The number of rotatable bonds is 15. The van der Waals surface area contributed by atoms with Gasteiger partial charge in [0.1, 0.15) is 0 Å². The molecule has 2 aromatic rings. The number of nitrogens with one attached hydrogen (secondary N) is 3. The molecular weight excluding hydrogens is 673 g/mol. The van der Waals surface area contributed by atoms with Crippen LogP contribution >= 0.6 is 0 Å². The van der Waals surface area contributed by atoms with Crippen LogP contribution in [0, 0.1) is 6.92 Å². The fourth-order valence-electron chi connectivity index (χ4n) is 8.48. The van der Waals surface area contributed by atoms with E-state index in [4.69, 9.17) is 9.97 Å². The smallest absolute Gasteiger partial charge is 0.264 e. The monoisotopic (exact) mass is 730 g/mol. The van der Waals surface area contributed by atoms with E-state index >= 15 is 0 Å². The quantitative estimate of drug-likeness (QED) is 0.124. The highest BCUT2D eigenvalue weighted by Gasteiger charge is 2.40. The van der Waals surface area contributed by atoms with E-state index in [1.54, 1.807) is 0 Å². The van der Waals surface area contributed by atoms with Crippen LogP contribution in [0.25, 0.3) is 33.3 Å². The summed E-state index contributed by atoms with van der Waals surface area (Å²) in [4.78, 5) is 61.3. The number of amides is 3. The number of hydrogen-bond acceptors (Lipinski definition) is 5. The van der Waals surface area contributed by atoms with Crippen LogP contribution in [0.4, 0.5) is 0 Å². The molecule has 4 aliphatic heterocycles. The third kappa shape index (κ3) is 7.34. The van der Waals surface area contributed by atoms with Crippen molar-refractivity contribution in [1.82, 2.24) is 30.2 Å². The largest absolute Gasteiger partial charge is 0.361 e. The highest BCUT2D eigenvalue weighted by molar-refractivity contribution is 6.23. The van der Waals surface area contributed by atoms with Gasteiger partial charge in [-0.1, -0.05) is 78.9 Å². The lowest BCUT2D eigenvalue weighted by Gasteiger charge is -2.27. The SMILES string of the molecule is C=CC1=C(C)c2cc3[nH]c(c4c5[nH]c(cc6nc(cc1n2)C(C)=C6CC)c(C)c5C(=O)N(CCCCCC)C4=O)[C@@H](CCC(=O)NCCCCCC)[C@@H]3C. The number of carbonyl (C=O) groups excluding carboxylic acids is 3. The van der Waals surface area contributed by atoms with Gasteiger partial charge in [0.15, 0.2) is 0 Å². The van der Waals surface area contributed by atoms with E-state index in [1.807, 2.05) is 25.1 Å². The molecule has 9 nitrogen and oxygen atoms in total. The number of H-pyrrole nitrogens is 2. The average molecular weight is 731 g/mol. The van der Waals surface area contributed by atoms with Crippen molar-refractivity contribution in [2.75, 3.05) is 13.1 Å². The molecule has 0 saturated carbocycles. The lowest BCUT2D eigenvalue weighted by atomic mass is 9.84. The Morgan fingerprint density at radius 1 is 0.852 bits per heavy atom. The Morgan fingerprint density at radius 2 is 1.54 bits per heavy atom. The molecule has 0 aliphatic carbocycles. The Labute approximate surface area is 320 Å². The van der Waals surface area contributed by atoms with Gasteiger partial charge in [-0.25, -0.2) is 9.97 Å². The number of carbonyl (C=O) groups is 3. The third-order valence-electron chi connectivity index (χ3n) is 11.8. The summed E-state index contributed by atoms with van der Waals surface area (Å²) in [6.45, 7) is 19.9. The molecule has 3 amide bonds. The second-order valence-corrected chi connectivity index (χ2v) is 15.3. The van der Waals surface area contributed by atoms with Crippen LogP contribution in [0.5, 0.6) is 0 Å². The third-order valence-corrected chi connectivity index (χ3v) is 11.8. The standard InChI is InChI=1S/C45H58N6O3/c1-9-13-15-17-21-46-39(52)20-19-32-28(7)35-23-33-26(5)30(11-3)37(47-33)24-34-27(6)31(12-4)38(48-34)25-36-29(8)40-43(50-36)41(42(32)49-35)45(54)51(44(40)53)22-18-16-14-10-2/h11,23-25,28,32,49-50H,3,9-10,12-22H2,1-2,4-8H3,(H,46,52)/t28-,32-/m0/s1. The first kappa shape index (κ1) is 38.9. The van der Waals surface area contributed by atoms with Crippen LogP contribution in [0.15, 0.2) is 30.9 Å². The van der Waals surface area contributed by atoms with Crippen LogP contribution in [0.1, 0.15) is 184 Å². The minimum atomic E-state index is -0.300. The Morgan fingerprint density at radius 3 is 2.24 bits per heavy atom. The van der Waals surface area contributed by atoms with Gasteiger partial charge in [-0.2, -0.15) is 0 Å². The van der Waals surface area contributed by atoms with E-state index in [9.17, 15) is 14.4 Å². The first-order chi connectivity index (χ1) is 26.0. The Hall–Kier alpha value is -4.79. The van der Waals surface area contributed by atoms with E-state index in [2.05, 4.69) is 69.5 Å². The molecule has 4 aliphatic rings. The number of allylic oxidation sites excluding steroid dienone is 5.